The molecule has 0 aromatic rings. The number of unbranched alkanes of at least 4 members (excludes halogenated alkanes) is 30. The lowest BCUT2D eigenvalue weighted by Gasteiger charge is -2.21. The van der Waals surface area contributed by atoms with Crippen molar-refractivity contribution in [1.29, 1.82) is 0 Å². The summed E-state index contributed by atoms with van der Waals surface area (Å²) in [4.78, 5) is 72.4. The lowest BCUT2D eigenvalue weighted by atomic mass is 10.0. The van der Waals surface area contributed by atoms with Gasteiger partial charge in [-0.05, 0) is 69.1 Å². The minimum Gasteiger partial charge on any atom is -0.462 e. The summed E-state index contributed by atoms with van der Waals surface area (Å²) in [6.45, 7) is 11.6. The van der Waals surface area contributed by atoms with E-state index >= 15 is 0 Å². The Morgan fingerprint density at radius 2 is 0.614 bits per heavy atom. The summed E-state index contributed by atoms with van der Waals surface area (Å²) in [6, 6.07) is 0. The molecule has 88 heavy (non-hydrogen) atoms. The Balaban J connectivity index is 5.28. The maximum atomic E-state index is 13.0. The van der Waals surface area contributed by atoms with Crippen molar-refractivity contribution in [3.63, 3.8) is 0 Å². The molecule has 518 valence electrons. The molecular weight excluding hydrogens is 1160 g/mol. The van der Waals surface area contributed by atoms with Crippen LogP contribution in [0.1, 0.15) is 318 Å². The van der Waals surface area contributed by atoms with Gasteiger partial charge in [-0.2, -0.15) is 0 Å². The van der Waals surface area contributed by atoms with Crippen LogP contribution in [0.15, 0.2) is 24.3 Å². The molecule has 19 heteroatoms. The third-order valence-corrected chi connectivity index (χ3v) is 17.2. The van der Waals surface area contributed by atoms with E-state index in [1.54, 1.807) is 0 Å². The molecule has 0 saturated heterocycles. The fraction of sp³-hybridized carbons (Fsp3) is 0.884. The first-order valence-electron chi connectivity index (χ1n) is 35.2. The normalized spacial score (nSPS) is 14.4. The highest BCUT2D eigenvalue weighted by atomic mass is 31.2. The molecule has 0 radical (unpaired) electrons. The standard InChI is InChI=1S/C69H130O17P2/c1-8-9-10-11-12-13-14-15-16-17-20-24-29-38-45-52-68(73)85-64(56-79-66(71)50-43-36-28-23-21-18-19-22-26-33-40-47-60(2)3)58-83-87(75,76)81-54-63(70)55-82-88(77,78)84-59-65(57-80-67(72)51-44-37-32-31-35-42-49-62(6)7)86-69(74)53-46-39-30-25-27-34-41-48-61(4)5/h13-16,60-65,70H,8-12,17-59H2,1-7H3,(H,75,76)(H,77,78)/b14-13-,16-15-/t63-,64-,65-/m1/s1. The predicted octanol–water partition coefficient (Wildman–Crippen LogP) is 19.0. The van der Waals surface area contributed by atoms with E-state index in [4.69, 9.17) is 37.0 Å². The number of rotatable bonds is 65. The Hall–Kier alpha value is -2.46. The smallest absolute Gasteiger partial charge is 0.462 e. The molecule has 0 spiro atoms. The molecule has 0 saturated carbocycles. The Kier molecular flexibility index (Phi) is 57.9. The van der Waals surface area contributed by atoms with Crippen LogP contribution in [0.2, 0.25) is 0 Å². The molecule has 0 bridgehead atoms. The van der Waals surface area contributed by atoms with Gasteiger partial charge in [0.1, 0.15) is 19.3 Å². The van der Waals surface area contributed by atoms with E-state index in [2.05, 4.69) is 72.8 Å². The van der Waals surface area contributed by atoms with Gasteiger partial charge in [-0.1, -0.05) is 265 Å². The first-order valence-corrected chi connectivity index (χ1v) is 38.2. The van der Waals surface area contributed by atoms with Gasteiger partial charge in [0.2, 0.25) is 0 Å². The fourth-order valence-corrected chi connectivity index (χ4v) is 11.4. The second-order valence-electron chi connectivity index (χ2n) is 25.7. The van der Waals surface area contributed by atoms with E-state index < -0.39 is 97.5 Å². The first kappa shape index (κ1) is 85.5. The first-order chi connectivity index (χ1) is 42.2. The molecule has 0 rings (SSSR count). The van der Waals surface area contributed by atoms with Gasteiger partial charge in [0.15, 0.2) is 12.2 Å². The highest BCUT2D eigenvalue weighted by Gasteiger charge is 2.30. The fourth-order valence-electron chi connectivity index (χ4n) is 9.82. The van der Waals surface area contributed by atoms with E-state index in [0.29, 0.717) is 37.5 Å². The third-order valence-electron chi connectivity index (χ3n) is 15.3. The SMILES string of the molecule is CCCCCC/C=C\C=C/CCCCCCCC(=O)O[C@H](COC(=O)CCCCCCCCCCCCCC(C)C)COP(=O)(O)OC[C@@H](O)COP(=O)(O)OC[C@@H](COC(=O)CCCCCCCCC(C)C)OC(=O)CCCCCCCCCC(C)C. The second-order valence-corrected chi connectivity index (χ2v) is 28.6. The van der Waals surface area contributed by atoms with Crippen LogP contribution in [0.5, 0.6) is 0 Å². The van der Waals surface area contributed by atoms with E-state index in [1.165, 1.54) is 109 Å². The number of esters is 4. The molecule has 0 fully saturated rings. The summed E-state index contributed by atoms with van der Waals surface area (Å²) in [5.74, 6) is -0.0225. The van der Waals surface area contributed by atoms with E-state index in [9.17, 15) is 43.2 Å². The third kappa shape index (κ3) is 62.4. The molecular formula is C69H130O17P2. The molecule has 0 heterocycles. The Morgan fingerprint density at radius 1 is 0.352 bits per heavy atom. The zero-order chi connectivity index (χ0) is 65.2. The quantitative estimate of drug-likeness (QED) is 0.0169. The van der Waals surface area contributed by atoms with Crippen LogP contribution in [0.3, 0.4) is 0 Å². The molecule has 0 aromatic carbocycles. The maximum absolute atomic E-state index is 13.0. The van der Waals surface area contributed by atoms with E-state index in [-0.39, 0.29) is 25.7 Å². The van der Waals surface area contributed by atoms with Gasteiger partial charge in [0.25, 0.3) is 0 Å². The summed E-state index contributed by atoms with van der Waals surface area (Å²) in [5, 5.41) is 10.6. The number of carbonyl (C=O) groups is 4. The van der Waals surface area contributed by atoms with Crippen molar-refractivity contribution in [3.05, 3.63) is 24.3 Å². The Morgan fingerprint density at radius 3 is 0.920 bits per heavy atom. The molecule has 0 aromatic heterocycles. The number of hydrogen-bond donors (Lipinski definition) is 3. The van der Waals surface area contributed by atoms with Gasteiger partial charge in [-0.25, -0.2) is 9.13 Å². The topological polar surface area (TPSA) is 237 Å². The molecule has 17 nitrogen and oxygen atoms in total. The summed E-state index contributed by atoms with van der Waals surface area (Å²) in [6.07, 6.45) is 45.5. The molecule has 2 unspecified atom stereocenters. The van der Waals surface area contributed by atoms with Crippen molar-refractivity contribution in [2.45, 2.75) is 336 Å². The van der Waals surface area contributed by atoms with Gasteiger partial charge >= 0.3 is 39.5 Å². The van der Waals surface area contributed by atoms with Crippen LogP contribution in [-0.2, 0) is 65.4 Å². The number of aliphatic hydroxyl groups is 1. The van der Waals surface area contributed by atoms with Crippen LogP contribution in [-0.4, -0.2) is 96.7 Å². The minimum absolute atomic E-state index is 0.0842. The monoisotopic (exact) mass is 1290 g/mol. The predicted molar refractivity (Wildman–Crippen MR) is 354 cm³/mol. The molecule has 0 aliphatic carbocycles. The number of aliphatic hydroxyl groups excluding tert-OH is 1. The number of allylic oxidation sites excluding steroid dienone is 4. The van der Waals surface area contributed by atoms with Gasteiger partial charge in [-0.3, -0.25) is 37.3 Å². The lowest BCUT2D eigenvalue weighted by Crippen LogP contribution is -2.30. The largest absolute Gasteiger partial charge is 0.472 e. The molecule has 0 amide bonds. The summed E-state index contributed by atoms with van der Waals surface area (Å²) in [5.41, 5.74) is 0. The van der Waals surface area contributed by atoms with Crippen molar-refractivity contribution in [3.8, 4) is 0 Å². The molecule has 5 atom stereocenters. The lowest BCUT2D eigenvalue weighted by molar-refractivity contribution is -0.161. The number of hydrogen-bond acceptors (Lipinski definition) is 15. The summed E-state index contributed by atoms with van der Waals surface area (Å²) >= 11 is 0. The van der Waals surface area contributed by atoms with E-state index in [0.717, 1.165) is 115 Å². The molecule has 3 N–H and O–H groups in total. The number of phosphoric acid groups is 2. The van der Waals surface area contributed by atoms with Gasteiger partial charge in [0.05, 0.1) is 26.4 Å². The van der Waals surface area contributed by atoms with Crippen LogP contribution in [0.4, 0.5) is 0 Å². The summed E-state index contributed by atoms with van der Waals surface area (Å²) < 4.78 is 68.1. The van der Waals surface area contributed by atoms with Gasteiger partial charge in [-0.15, -0.1) is 0 Å². The van der Waals surface area contributed by atoms with Gasteiger partial charge < -0.3 is 33.8 Å². The average Bonchev–Trinajstić information content (AvgIpc) is 3.49. The van der Waals surface area contributed by atoms with Crippen LogP contribution in [0.25, 0.3) is 0 Å². The van der Waals surface area contributed by atoms with Crippen LogP contribution >= 0.6 is 15.6 Å². The highest BCUT2D eigenvalue weighted by molar-refractivity contribution is 7.47. The molecule has 0 aliphatic rings. The molecule has 0 aliphatic heterocycles. The average molecular weight is 1290 g/mol. The van der Waals surface area contributed by atoms with Crippen molar-refractivity contribution < 1.29 is 80.2 Å². The Bertz CT molecular complexity index is 1830. The second kappa shape index (κ2) is 59.5. The number of phosphoric ester groups is 2. The van der Waals surface area contributed by atoms with Crippen molar-refractivity contribution >= 4 is 39.5 Å². The van der Waals surface area contributed by atoms with Crippen LogP contribution in [0, 0.1) is 17.8 Å². The number of carbonyl (C=O) groups excluding carboxylic acids is 4. The zero-order valence-electron chi connectivity index (χ0n) is 56.7. The highest BCUT2D eigenvalue weighted by Crippen LogP contribution is 2.45. The minimum atomic E-state index is -4.96. The number of ether oxygens (including phenoxy) is 4. The van der Waals surface area contributed by atoms with E-state index in [1.807, 2.05) is 0 Å². The van der Waals surface area contributed by atoms with Crippen molar-refractivity contribution in [1.82, 2.24) is 0 Å². The van der Waals surface area contributed by atoms with Crippen molar-refractivity contribution in [2.24, 2.45) is 17.8 Å². The Labute approximate surface area is 535 Å². The van der Waals surface area contributed by atoms with Crippen molar-refractivity contribution in [2.75, 3.05) is 39.6 Å². The maximum Gasteiger partial charge on any atom is 0.472 e. The van der Waals surface area contributed by atoms with Gasteiger partial charge in [0, 0.05) is 25.7 Å². The summed E-state index contributed by atoms with van der Waals surface area (Å²) in [7, 11) is -9.91. The van der Waals surface area contributed by atoms with Crippen LogP contribution < -0.4 is 0 Å². The zero-order valence-corrected chi connectivity index (χ0v) is 58.5.